The number of fused-ring (bicyclic) bond motifs is 1. The quantitative estimate of drug-likeness (QED) is 0.633. The van der Waals surface area contributed by atoms with Crippen molar-refractivity contribution in [1.82, 2.24) is 25.8 Å². The second-order valence-electron chi connectivity index (χ2n) is 6.89. The highest BCUT2D eigenvalue weighted by Gasteiger charge is 2.20. The van der Waals surface area contributed by atoms with Gasteiger partial charge in [0, 0.05) is 45.8 Å². The van der Waals surface area contributed by atoms with Gasteiger partial charge in [0.15, 0.2) is 0 Å². The van der Waals surface area contributed by atoms with Crippen molar-refractivity contribution < 1.29 is 9.59 Å². The van der Waals surface area contributed by atoms with Crippen LogP contribution in [0.2, 0.25) is 0 Å². The minimum atomic E-state index is -0.171. The first-order chi connectivity index (χ1) is 12.7. The zero-order valence-corrected chi connectivity index (χ0v) is 15.3. The molecule has 142 valence electrons. The van der Waals surface area contributed by atoms with Crippen LogP contribution in [0.4, 0.5) is 4.79 Å². The van der Waals surface area contributed by atoms with Crippen LogP contribution in [0.3, 0.4) is 0 Å². The van der Waals surface area contributed by atoms with E-state index in [0.717, 1.165) is 45.6 Å². The van der Waals surface area contributed by atoms with Gasteiger partial charge in [-0.25, -0.2) is 4.79 Å². The van der Waals surface area contributed by atoms with Gasteiger partial charge in [-0.15, -0.1) is 0 Å². The van der Waals surface area contributed by atoms with E-state index in [-0.39, 0.29) is 18.5 Å². The fourth-order valence-electron chi connectivity index (χ4n) is 3.46. The summed E-state index contributed by atoms with van der Waals surface area (Å²) in [5.41, 5.74) is 2.49. The van der Waals surface area contributed by atoms with Crippen molar-refractivity contribution >= 4 is 11.9 Å². The molecule has 0 radical (unpaired) electrons. The molecule has 0 aliphatic carbocycles. The number of benzene rings is 1. The average Bonchev–Trinajstić information content (AvgIpc) is 2.70. The van der Waals surface area contributed by atoms with Crippen LogP contribution in [-0.4, -0.2) is 74.1 Å². The van der Waals surface area contributed by atoms with Gasteiger partial charge in [-0.05, 0) is 30.5 Å². The highest BCUT2D eigenvalue weighted by molar-refractivity contribution is 5.84. The Hall–Kier alpha value is -2.12. The lowest BCUT2D eigenvalue weighted by Gasteiger charge is -2.28. The normalized spacial score (nSPS) is 17.5. The lowest BCUT2D eigenvalue weighted by molar-refractivity contribution is -0.120. The summed E-state index contributed by atoms with van der Waals surface area (Å²) in [4.78, 5) is 28.3. The molecule has 3 N–H and O–H groups in total. The van der Waals surface area contributed by atoms with Crippen molar-refractivity contribution in [2.75, 3.05) is 52.4 Å². The van der Waals surface area contributed by atoms with Crippen molar-refractivity contribution in [2.24, 2.45) is 0 Å². The molecule has 7 heteroatoms. The molecule has 1 aromatic rings. The van der Waals surface area contributed by atoms with Gasteiger partial charge >= 0.3 is 6.03 Å². The van der Waals surface area contributed by atoms with E-state index in [2.05, 4.69) is 33.0 Å². The lowest BCUT2D eigenvalue weighted by atomic mass is 10.0. The van der Waals surface area contributed by atoms with Crippen molar-refractivity contribution in [3.8, 4) is 0 Å². The van der Waals surface area contributed by atoms with Gasteiger partial charge in [-0.2, -0.15) is 0 Å². The molecule has 2 aliphatic heterocycles. The minimum Gasteiger partial charge on any atom is -0.355 e. The molecule has 1 saturated heterocycles. The van der Waals surface area contributed by atoms with Crippen molar-refractivity contribution in [2.45, 2.75) is 19.4 Å². The van der Waals surface area contributed by atoms with Gasteiger partial charge in [0.25, 0.3) is 0 Å². The second-order valence-corrected chi connectivity index (χ2v) is 6.89. The highest BCUT2D eigenvalue weighted by atomic mass is 16.2. The van der Waals surface area contributed by atoms with Crippen LogP contribution in [-0.2, 0) is 17.8 Å². The van der Waals surface area contributed by atoms with Gasteiger partial charge in [0.1, 0.15) is 0 Å². The number of rotatable bonds is 6. The van der Waals surface area contributed by atoms with Crippen LogP contribution >= 0.6 is 0 Å². The summed E-state index contributed by atoms with van der Waals surface area (Å²) in [5, 5.41) is 8.94. The Labute approximate surface area is 155 Å². The monoisotopic (exact) mass is 359 g/mol. The summed E-state index contributed by atoms with van der Waals surface area (Å²) in [7, 11) is 0. The molecular formula is C19H29N5O2. The van der Waals surface area contributed by atoms with E-state index in [9.17, 15) is 9.59 Å². The Bertz CT molecular complexity index is 616. The molecule has 0 atom stereocenters. The maximum absolute atomic E-state index is 12.3. The summed E-state index contributed by atoms with van der Waals surface area (Å²) < 4.78 is 0. The van der Waals surface area contributed by atoms with Gasteiger partial charge < -0.3 is 25.8 Å². The van der Waals surface area contributed by atoms with Crippen molar-refractivity contribution in [3.63, 3.8) is 0 Å². The van der Waals surface area contributed by atoms with Crippen molar-refractivity contribution in [3.05, 3.63) is 35.4 Å². The van der Waals surface area contributed by atoms with E-state index >= 15 is 0 Å². The molecule has 0 spiro atoms. The van der Waals surface area contributed by atoms with Gasteiger partial charge in [-0.3, -0.25) is 4.79 Å². The van der Waals surface area contributed by atoms with Crippen LogP contribution in [0.25, 0.3) is 0 Å². The molecule has 3 rings (SSSR count). The molecule has 0 bridgehead atoms. The number of nitrogens with one attached hydrogen (secondary N) is 3. The van der Waals surface area contributed by atoms with Crippen molar-refractivity contribution in [1.29, 1.82) is 0 Å². The Balaban J connectivity index is 1.30. The second kappa shape index (κ2) is 9.54. The average molecular weight is 359 g/mol. The maximum atomic E-state index is 12.3. The molecule has 3 amide bonds. The Morgan fingerprint density at radius 1 is 1.04 bits per heavy atom. The highest BCUT2D eigenvalue weighted by Crippen LogP contribution is 2.18. The zero-order chi connectivity index (χ0) is 18.2. The Morgan fingerprint density at radius 3 is 2.62 bits per heavy atom. The van der Waals surface area contributed by atoms with E-state index < -0.39 is 0 Å². The van der Waals surface area contributed by atoms with Crippen LogP contribution < -0.4 is 16.0 Å². The molecule has 26 heavy (non-hydrogen) atoms. The molecule has 0 saturated carbocycles. The third-order valence-electron chi connectivity index (χ3n) is 5.00. The number of amides is 3. The number of hydrogen-bond acceptors (Lipinski definition) is 4. The molecule has 2 heterocycles. The Kier molecular flexibility index (Phi) is 6.85. The number of carbonyl (C=O) groups is 2. The van der Waals surface area contributed by atoms with Gasteiger partial charge in [-0.1, -0.05) is 24.3 Å². The number of urea groups is 1. The standard InChI is InChI=1S/C19H29N5O2/c25-18(21-7-3-10-23-12-8-20-9-13-23)14-22-19(26)24-11-6-16-4-1-2-5-17(16)15-24/h1-2,4-5,20H,3,6-15H2,(H,21,25)(H,22,26). The molecule has 0 unspecified atom stereocenters. The molecule has 1 fully saturated rings. The van der Waals surface area contributed by atoms with Crippen LogP contribution in [0.5, 0.6) is 0 Å². The minimum absolute atomic E-state index is 0.0324. The smallest absolute Gasteiger partial charge is 0.318 e. The SMILES string of the molecule is O=C(CNC(=O)N1CCc2ccccc2C1)NCCCN1CCNCC1. The predicted molar refractivity (Wildman–Crippen MR) is 101 cm³/mol. The zero-order valence-electron chi connectivity index (χ0n) is 15.3. The van der Waals surface area contributed by atoms with Crippen LogP contribution in [0, 0.1) is 0 Å². The first-order valence-corrected chi connectivity index (χ1v) is 9.52. The third-order valence-corrected chi connectivity index (χ3v) is 5.00. The van der Waals surface area contributed by atoms with E-state index in [1.165, 1.54) is 11.1 Å². The van der Waals surface area contributed by atoms with E-state index in [1.54, 1.807) is 4.90 Å². The van der Waals surface area contributed by atoms with E-state index in [4.69, 9.17) is 0 Å². The number of piperazine rings is 1. The number of nitrogens with zero attached hydrogens (tertiary/aromatic N) is 2. The fourth-order valence-corrected chi connectivity index (χ4v) is 3.46. The summed E-state index contributed by atoms with van der Waals surface area (Å²) in [6, 6.07) is 8.02. The first kappa shape index (κ1) is 18.7. The summed E-state index contributed by atoms with van der Waals surface area (Å²) >= 11 is 0. The lowest BCUT2D eigenvalue weighted by Crippen LogP contribution is -2.46. The predicted octanol–water partition coefficient (Wildman–Crippen LogP) is 0.166. The Morgan fingerprint density at radius 2 is 1.81 bits per heavy atom. The third kappa shape index (κ3) is 5.44. The number of carbonyl (C=O) groups excluding carboxylic acids is 2. The summed E-state index contributed by atoms with van der Waals surface area (Å²) in [5.74, 6) is -0.129. The van der Waals surface area contributed by atoms with Gasteiger partial charge in [0.2, 0.25) is 5.91 Å². The number of hydrogen-bond donors (Lipinski definition) is 3. The maximum Gasteiger partial charge on any atom is 0.318 e. The van der Waals surface area contributed by atoms with Crippen LogP contribution in [0.1, 0.15) is 17.5 Å². The molecular weight excluding hydrogens is 330 g/mol. The molecule has 2 aliphatic rings. The molecule has 7 nitrogen and oxygen atoms in total. The largest absolute Gasteiger partial charge is 0.355 e. The fraction of sp³-hybridized carbons (Fsp3) is 0.579. The summed E-state index contributed by atoms with van der Waals surface area (Å²) in [6.07, 6.45) is 1.80. The first-order valence-electron chi connectivity index (χ1n) is 9.52. The molecule has 0 aromatic heterocycles. The summed E-state index contributed by atoms with van der Waals surface area (Å²) in [6.45, 7) is 7.20. The van der Waals surface area contributed by atoms with E-state index in [1.807, 2.05) is 12.1 Å². The van der Waals surface area contributed by atoms with Gasteiger partial charge in [0.05, 0.1) is 6.54 Å². The van der Waals surface area contributed by atoms with Crippen LogP contribution in [0.15, 0.2) is 24.3 Å². The topological polar surface area (TPSA) is 76.7 Å². The molecule has 1 aromatic carbocycles. The van der Waals surface area contributed by atoms with E-state index in [0.29, 0.717) is 19.6 Å².